The molecule has 1 aromatic rings. The van der Waals surface area contributed by atoms with Crippen molar-refractivity contribution in [2.45, 2.75) is 59.6 Å². The van der Waals surface area contributed by atoms with Gasteiger partial charge in [-0.3, -0.25) is 0 Å². The van der Waals surface area contributed by atoms with Crippen LogP contribution in [-0.2, 0) is 11.2 Å². The molecule has 4 nitrogen and oxygen atoms in total. The van der Waals surface area contributed by atoms with Crippen LogP contribution in [-0.4, -0.2) is 24.8 Å². The van der Waals surface area contributed by atoms with Gasteiger partial charge in [0, 0.05) is 6.04 Å². The van der Waals surface area contributed by atoms with E-state index in [-0.39, 0.29) is 12.1 Å². The number of carbonyl (C=O) groups excluding carboxylic acids is 1. The average Bonchev–Trinajstić information content (AvgIpc) is 2.35. The Hall–Kier alpha value is -1.71. The Morgan fingerprint density at radius 3 is 2.36 bits per heavy atom. The lowest BCUT2D eigenvalue weighted by Crippen LogP contribution is -2.43. The van der Waals surface area contributed by atoms with Gasteiger partial charge in [-0.05, 0) is 57.2 Å². The Labute approximate surface area is 134 Å². The van der Waals surface area contributed by atoms with E-state index in [1.807, 2.05) is 39.8 Å². The Bertz CT molecular complexity index is 504. The fraction of sp³-hybridized carbons (Fsp3) is 0.611. The van der Waals surface area contributed by atoms with E-state index in [2.05, 4.69) is 25.2 Å². The van der Waals surface area contributed by atoms with Gasteiger partial charge in [0.1, 0.15) is 11.4 Å². The topological polar surface area (TPSA) is 47.6 Å². The van der Waals surface area contributed by atoms with Crippen molar-refractivity contribution in [2.24, 2.45) is 5.92 Å². The second kappa shape index (κ2) is 7.52. The van der Waals surface area contributed by atoms with Gasteiger partial charge in [-0.25, -0.2) is 4.79 Å². The predicted molar refractivity (Wildman–Crippen MR) is 89.4 cm³/mol. The van der Waals surface area contributed by atoms with Gasteiger partial charge in [-0.15, -0.1) is 0 Å². The van der Waals surface area contributed by atoms with Crippen LogP contribution in [0.25, 0.3) is 0 Å². The zero-order valence-corrected chi connectivity index (χ0v) is 14.8. The van der Waals surface area contributed by atoms with Crippen molar-refractivity contribution in [1.29, 1.82) is 0 Å². The molecule has 0 heterocycles. The number of ether oxygens (including phenoxy) is 2. The maximum absolute atomic E-state index is 12.0. The smallest absolute Gasteiger partial charge is 0.407 e. The molecule has 124 valence electrons. The van der Waals surface area contributed by atoms with Crippen LogP contribution in [0, 0.1) is 12.8 Å². The van der Waals surface area contributed by atoms with Gasteiger partial charge in [0.2, 0.25) is 0 Å². The fourth-order valence-corrected chi connectivity index (χ4v) is 2.23. The molecule has 0 radical (unpaired) electrons. The summed E-state index contributed by atoms with van der Waals surface area (Å²) in [5.41, 5.74) is 1.79. The van der Waals surface area contributed by atoms with Crippen molar-refractivity contribution >= 4 is 6.09 Å². The van der Waals surface area contributed by atoms with E-state index in [1.54, 1.807) is 7.11 Å². The minimum Gasteiger partial charge on any atom is -0.496 e. The monoisotopic (exact) mass is 307 g/mol. The van der Waals surface area contributed by atoms with Gasteiger partial charge < -0.3 is 14.8 Å². The molecule has 0 fully saturated rings. The van der Waals surface area contributed by atoms with E-state index in [4.69, 9.17) is 9.47 Å². The first kappa shape index (κ1) is 18.3. The van der Waals surface area contributed by atoms with E-state index in [9.17, 15) is 4.79 Å². The molecular weight excluding hydrogens is 278 g/mol. The number of nitrogens with one attached hydrogen (secondary N) is 1. The number of alkyl carbamates (subject to hydrolysis) is 1. The standard InChI is InChI=1S/C18H29NO3/c1-12(2)15(19-17(20)22-18(4,5)6)11-14-8-9-16(21-7)13(3)10-14/h8-10,12,15H,11H2,1-7H3,(H,19,20). The minimum absolute atomic E-state index is 0.0302. The Balaban J connectivity index is 2.76. The van der Waals surface area contributed by atoms with Gasteiger partial charge >= 0.3 is 6.09 Å². The number of methoxy groups -OCH3 is 1. The maximum Gasteiger partial charge on any atom is 0.407 e. The lowest BCUT2D eigenvalue weighted by molar-refractivity contribution is 0.0490. The molecule has 22 heavy (non-hydrogen) atoms. The third-order valence-corrected chi connectivity index (χ3v) is 3.42. The number of carbonyl (C=O) groups is 1. The highest BCUT2D eigenvalue weighted by Gasteiger charge is 2.21. The summed E-state index contributed by atoms with van der Waals surface area (Å²) >= 11 is 0. The van der Waals surface area contributed by atoms with Crippen molar-refractivity contribution in [3.05, 3.63) is 29.3 Å². The normalized spacial score (nSPS) is 12.9. The van der Waals surface area contributed by atoms with E-state index < -0.39 is 5.60 Å². The summed E-state index contributed by atoms with van der Waals surface area (Å²) < 4.78 is 10.6. The summed E-state index contributed by atoms with van der Waals surface area (Å²) in [6, 6.07) is 6.14. The molecule has 1 amide bonds. The predicted octanol–water partition coefficient (Wildman–Crippen LogP) is 4.10. The molecule has 1 N–H and O–H groups in total. The maximum atomic E-state index is 12.0. The number of hydrogen-bond donors (Lipinski definition) is 1. The molecule has 0 saturated heterocycles. The molecular formula is C18H29NO3. The molecule has 0 aliphatic carbocycles. The molecule has 1 rings (SSSR count). The van der Waals surface area contributed by atoms with Crippen LogP contribution in [0.1, 0.15) is 45.7 Å². The van der Waals surface area contributed by atoms with E-state index in [0.29, 0.717) is 5.92 Å². The summed E-state index contributed by atoms with van der Waals surface area (Å²) in [6.07, 6.45) is 0.401. The second-order valence-electron chi connectivity index (χ2n) is 7.00. The van der Waals surface area contributed by atoms with Crippen molar-refractivity contribution in [3.8, 4) is 5.75 Å². The summed E-state index contributed by atoms with van der Waals surface area (Å²) in [5.74, 6) is 1.19. The quantitative estimate of drug-likeness (QED) is 0.891. The van der Waals surface area contributed by atoms with Crippen molar-refractivity contribution in [3.63, 3.8) is 0 Å². The Kier molecular flexibility index (Phi) is 6.27. The van der Waals surface area contributed by atoms with Crippen LogP contribution in [0.5, 0.6) is 5.75 Å². The highest BCUT2D eigenvalue weighted by Crippen LogP contribution is 2.20. The SMILES string of the molecule is COc1ccc(CC(NC(=O)OC(C)(C)C)C(C)C)cc1C. The molecule has 0 aliphatic rings. The van der Waals surface area contributed by atoms with Gasteiger partial charge in [0.25, 0.3) is 0 Å². The van der Waals surface area contributed by atoms with Gasteiger partial charge in [-0.1, -0.05) is 26.0 Å². The molecule has 1 atom stereocenters. The second-order valence-corrected chi connectivity index (χ2v) is 7.00. The van der Waals surface area contributed by atoms with Crippen LogP contribution in [0.3, 0.4) is 0 Å². The molecule has 0 spiro atoms. The van der Waals surface area contributed by atoms with Crippen molar-refractivity contribution in [2.75, 3.05) is 7.11 Å². The van der Waals surface area contributed by atoms with Crippen LogP contribution < -0.4 is 10.1 Å². The van der Waals surface area contributed by atoms with Crippen LogP contribution in [0.15, 0.2) is 18.2 Å². The summed E-state index contributed by atoms with van der Waals surface area (Å²) in [6.45, 7) is 11.8. The highest BCUT2D eigenvalue weighted by atomic mass is 16.6. The third kappa shape index (κ3) is 5.96. The zero-order valence-electron chi connectivity index (χ0n) is 14.8. The largest absolute Gasteiger partial charge is 0.496 e. The van der Waals surface area contributed by atoms with Crippen LogP contribution in [0.4, 0.5) is 4.79 Å². The Morgan fingerprint density at radius 1 is 1.27 bits per heavy atom. The summed E-state index contributed by atoms with van der Waals surface area (Å²) in [4.78, 5) is 12.0. The number of amides is 1. The number of benzene rings is 1. The number of rotatable bonds is 5. The minimum atomic E-state index is -0.484. The fourth-order valence-electron chi connectivity index (χ4n) is 2.23. The number of aryl methyl sites for hydroxylation is 1. The lowest BCUT2D eigenvalue weighted by atomic mass is 9.95. The third-order valence-electron chi connectivity index (χ3n) is 3.42. The molecule has 0 bridgehead atoms. The first-order chi connectivity index (χ1) is 10.1. The molecule has 1 unspecified atom stereocenters. The summed E-state index contributed by atoms with van der Waals surface area (Å²) in [7, 11) is 1.67. The van der Waals surface area contributed by atoms with Gasteiger partial charge in [0.05, 0.1) is 7.11 Å². The van der Waals surface area contributed by atoms with Crippen LogP contribution >= 0.6 is 0 Å². The van der Waals surface area contributed by atoms with Gasteiger partial charge in [0.15, 0.2) is 0 Å². The number of hydrogen-bond acceptors (Lipinski definition) is 3. The van der Waals surface area contributed by atoms with E-state index in [1.165, 1.54) is 5.56 Å². The van der Waals surface area contributed by atoms with E-state index in [0.717, 1.165) is 17.7 Å². The molecule has 1 aromatic carbocycles. The Morgan fingerprint density at radius 2 is 1.91 bits per heavy atom. The summed E-state index contributed by atoms with van der Waals surface area (Å²) in [5, 5.41) is 2.98. The zero-order chi connectivity index (χ0) is 16.9. The molecule has 0 saturated carbocycles. The van der Waals surface area contributed by atoms with Gasteiger partial charge in [-0.2, -0.15) is 0 Å². The average molecular weight is 307 g/mol. The molecule has 0 aromatic heterocycles. The van der Waals surface area contributed by atoms with E-state index >= 15 is 0 Å². The van der Waals surface area contributed by atoms with Crippen molar-refractivity contribution < 1.29 is 14.3 Å². The first-order valence-corrected chi connectivity index (χ1v) is 7.75. The van der Waals surface area contributed by atoms with Crippen molar-refractivity contribution in [1.82, 2.24) is 5.32 Å². The van der Waals surface area contributed by atoms with Crippen LogP contribution in [0.2, 0.25) is 0 Å². The lowest BCUT2D eigenvalue weighted by Gasteiger charge is -2.26. The molecule has 0 aliphatic heterocycles. The first-order valence-electron chi connectivity index (χ1n) is 7.75. The molecule has 4 heteroatoms. The highest BCUT2D eigenvalue weighted by molar-refractivity contribution is 5.68.